The van der Waals surface area contributed by atoms with Gasteiger partial charge in [0, 0.05) is 20.1 Å². The first-order valence-electron chi connectivity index (χ1n) is 9.28. The molecule has 142 valence electrons. The van der Waals surface area contributed by atoms with Gasteiger partial charge in [-0.3, -0.25) is 4.79 Å². The van der Waals surface area contributed by atoms with Crippen LogP contribution in [0.3, 0.4) is 0 Å². The molecule has 7 nitrogen and oxygen atoms in total. The summed E-state index contributed by atoms with van der Waals surface area (Å²) >= 11 is 0. The molecule has 0 aromatic rings. The Labute approximate surface area is 151 Å². The molecule has 1 aliphatic carbocycles. The lowest BCUT2D eigenvalue weighted by atomic mass is 10.0. The van der Waals surface area contributed by atoms with Gasteiger partial charge in [-0.05, 0) is 38.5 Å². The molecule has 0 radical (unpaired) electrons. The molecule has 2 aliphatic rings. The highest BCUT2D eigenvalue weighted by Crippen LogP contribution is 2.25. The average Bonchev–Trinajstić information content (AvgIpc) is 3.10. The summed E-state index contributed by atoms with van der Waals surface area (Å²) in [5.41, 5.74) is 5.98. The zero-order valence-corrected chi connectivity index (χ0v) is 15.9. The fraction of sp³-hybridized carbons (Fsp3) is 0.882. The molecule has 1 amide bonds. The third-order valence-electron chi connectivity index (χ3n) is 5.40. The molecule has 0 aromatic carbocycles. The normalized spacial score (nSPS) is 23.6. The van der Waals surface area contributed by atoms with Gasteiger partial charge >= 0.3 is 0 Å². The van der Waals surface area contributed by atoms with E-state index in [9.17, 15) is 13.2 Å². The number of nitrogens with two attached hydrogens (primary N) is 1. The number of sulfonamides is 1. The van der Waals surface area contributed by atoms with Crippen LogP contribution < -0.4 is 5.73 Å². The van der Waals surface area contributed by atoms with Crippen LogP contribution in [0.4, 0.5) is 0 Å². The molecular formula is C17H30N4O3S. The Hall–Kier alpha value is -1.17. The van der Waals surface area contributed by atoms with Crippen LogP contribution in [0, 0.1) is 11.3 Å². The summed E-state index contributed by atoms with van der Waals surface area (Å²) in [4.78, 5) is 13.9. The maximum Gasteiger partial charge on any atom is 0.240 e. The van der Waals surface area contributed by atoms with Crippen molar-refractivity contribution in [2.24, 2.45) is 5.73 Å². The molecule has 1 aliphatic heterocycles. The van der Waals surface area contributed by atoms with Gasteiger partial charge in [0.2, 0.25) is 15.9 Å². The first kappa shape index (κ1) is 20.1. The lowest BCUT2D eigenvalue weighted by Crippen LogP contribution is -2.46. The Bertz CT molecular complexity index is 596. The molecular weight excluding hydrogens is 340 g/mol. The molecule has 0 spiro atoms. The minimum absolute atomic E-state index is 0.193. The fourth-order valence-electron chi connectivity index (χ4n) is 3.78. The molecule has 1 saturated heterocycles. The van der Waals surface area contributed by atoms with Gasteiger partial charge in [0.15, 0.2) is 0 Å². The van der Waals surface area contributed by atoms with Crippen molar-refractivity contribution in [3.05, 3.63) is 0 Å². The molecule has 0 bridgehead atoms. The van der Waals surface area contributed by atoms with Crippen LogP contribution in [-0.4, -0.2) is 61.0 Å². The molecule has 1 saturated carbocycles. The molecule has 2 atom stereocenters. The van der Waals surface area contributed by atoms with E-state index in [1.807, 2.05) is 0 Å². The molecule has 2 fully saturated rings. The Kier molecular flexibility index (Phi) is 7.23. The first-order chi connectivity index (χ1) is 11.9. The van der Waals surface area contributed by atoms with Gasteiger partial charge < -0.3 is 10.6 Å². The van der Waals surface area contributed by atoms with Gasteiger partial charge in [-0.1, -0.05) is 19.3 Å². The van der Waals surface area contributed by atoms with Crippen molar-refractivity contribution in [1.82, 2.24) is 9.21 Å². The molecule has 0 unspecified atom stereocenters. The van der Waals surface area contributed by atoms with Gasteiger partial charge in [0.05, 0.1) is 17.4 Å². The van der Waals surface area contributed by atoms with E-state index in [1.54, 1.807) is 11.9 Å². The number of amides is 1. The molecule has 2 rings (SSSR count). The molecule has 0 aromatic heterocycles. The number of carbonyl (C=O) groups excluding carboxylic acids is 1. The number of likely N-dealkylation sites (tertiary alicyclic amines) is 1. The summed E-state index contributed by atoms with van der Waals surface area (Å²) in [5.74, 6) is -0.193. The predicted octanol–water partition coefficient (Wildman–Crippen LogP) is 1.20. The van der Waals surface area contributed by atoms with Crippen LogP contribution in [0.15, 0.2) is 0 Å². The highest BCUT2D eigenvalue weighted by molar-refractivity contribution is 7.89. The predicted molar refractivity (Wildman–Crippen MR) is 96.0 cm³/mol. The monoisotopic (exact) mass is 370 g/mol. The van der Waals surface area contributed by atoms with Crippen LogP contribution in [0.25, 0.3) is 0 Å². The Morgan fingerprint density at radius 3 is 2.60 bits per heavy atom. The van der Waals surface area contributed by atoms with Crippen molar-refractivity contribution < 1.29 is 13.2 Å². The minimum Gasteiger partial charge on any atom is -0.325 e. The van der Waals surface area contributed by atoms with E-state index in [0.29, 0.717) is 32.4 Å². The number of hydrogen-bond donors (Lipinski definition) is 1. The zero-order chi connectivity index (χ0) is 18.4. The van der Waals surface area contributed by atoms with E-state index in [1.165, 1.54) is 4.31 Å². The average molecular weight is 371 g/mol. The van der Waals surface area contributed by atoms with Crippen molar-refractivity contribution in [2.75, 3.05) is 20.1 Å². The van der Waals surface area contributed by atoms with E-state index >= 15 is 0 Å². The number of rotatable bonds is 7. The van der Waals surface area contributed by atoms with Crippen LogP contribution in [0.1, 0.15) is 57.8 Å². The van der Waals surface area contributed by atoms with Gasteiger partial charge in [-0.25, -0.2) is 12.7 Å². The second-order valence-corrected chi connectivity index (χ2v) is 9.51. The van der Waals surface area contributed by atoms with Crippen LogP contribution in [0.5, 0.6) is 0 Å². The Morgan fingerprint density at radius 1 is 1.28 bits per heavy atom. The topological polar surface area (TPSA) is 108 Å². The Balaban J connectivity index is 1.79. The minimum atomic E-state index is -3.25. The third-order valence-corrected chi connectivity index (χ3v) is 7.76. The molecule has 1 heterocycles. The summed E-state index contributed by atoms with van der Waals surface area (Å²) < 4.78 is 26.6. The van der Waals surface area contributed by atoms with Gasteiger partial charge in [0.1, 0.15) is 6.04 Å². The lowest BCUT2D eigenvalue weighted by Gasteiger charge is -2.27. The number of nitrogens with zero attached hydrogens (tertiary/aromatic N) is 3. The summed E-state index contributed by atoms with van der Waals surface area (Å²) in [6.07, 6.45) is 7.08. The van der Waals surface area contributed by atoms with Crippen molar-refractivity contribution in [3.63, 3.8) is 0 Å². The zero-order valence-electron chi connectivity index (χ0n) is 15.1. The second kappa shape index (κ2) is 8.97. The Morgan fingerprint density at radius 2 is 1.96 bits per heavy atom. The molecule has 8 heteroatoms. The third kappa shape index (κ3) is 4.93. The largest absolute Gasteiger partial charge is 0.325 e. The van der Waals surface area contributed by atoms with Crippen LogP contribution >= 0.6 is 0 Å². The van der Waals surface area contributed by atoms with Crippen molar-refractivity contribution >= 4 is 15.9 Å². The quantitative estimate of drug-likeness (QED) is 0.724. The van der Waals surface area contributed by atoms with E-state index < -0.39 is 16.1 Å². The molecule has 2 N–H and O–H groups in total. The number of carbonyl (C=O) groups is 1. The van der Waals surface area contributed by atoms with Gasteiger partial charge in [-0.15, -0.1) is 0 Å². The second-order valence-electron chi connectivity index (χ2n) is 7.19. The summed E-state index contributed by atoms with van der Waals surface area (Å²) in [6.45, 7) is 0.961. The number of hydrogen-bond acceptors (Lipinski definition) is 5. The van der Waals surface area contributed by atoms with E-state index in [-0.39, 0.29) is 17.2 Å². The van der Waals surface area contributed by atoms with Crippen LogP contribution in [0.2, 0.25) is 0 Å². The van der Waals surface area contributed by atoms with E-state index in [4.69, 9.17) is 11.0 Å². The lowest BCUT2D eigenvalue weighted by molar-refractivity contribution is -0.132. The standard InChI is InChI=1S/C17H30N4O3S/c1-20(25(23,24)15-8-3-2-4-9-15)11-6-10-16(19)17(22)21-12-5-7-14(21)13-18/h14-16H,2-12,19H2,1H3/t14-,16-/m0/s1. The summed E-state index contributed by atoms with van der Waals surface area (Å²) in [5, 5.41) is 8.81. The smallest absolute Gasteiger partial charge is 0.240 e. The maximum absolute atomic E-state index is 12.6. The maximum atomic E-state index is 12.6. The highest BCUT2D eigenvalue weighted by Gasteiger charge is 2.33. The molecule has 25 heavy (non-hydrogen) atoms. The van der Waals surface area contributed by atoms with Gasteiger partial charge in [0.25, 0.3) is 0 Å². The van der Waals surface area contributed by atoms with E-state index in [2.05, 4.69) is 6.07 Å². The van der Waals surface area contributed by atoms with Crippen molar-refractivity contribution in [3.8, 4) is 6.07 Å². The van der Waals surface area contributed by atoms with Crippen molar-refractivity contribution in [2.45, 2.75) is 75.1 Å². The van der Waals surface area contributed by atoms with Gasteiger partial charge in [-0.2, -0.15) is 5.26 Å². The van der Waals surface area contributed by atoms with E-state index in [0.717, 1.165) is 38.5 Å². The van der Waals surface area contributed by atoms with Crippen LogP contribution in [-0.2, 0) is 14.8 Å². The highest BCUT2D eigenvalue weighted by atomic mass is 32.2. The first-order valence-corrected chi connectivity index (χ1v) is 10.8. The summed E-state index contributed by atoms with van der Waals surface area (Å²) in [6, 6.07) is 1.11. The van der Waals surface area contributed by atoms with Crippen molar-refractivity contribution in [1.29, 1.82) is 5.26 Å². The SMILES string of the molecule is CN(CCC[C@H](N)C(=O)N1CCC[C@H]1C#N)S(=O)(=O)C1CCCCC1. The fourth-order valence-corrected chi connectivity index (χ4v) is 5.60. The summed E-state index contributed by atoms with van der Waals surface area (Å²) in [7, 11) is -1.64. The number of nitriles is 1.